The van der Waals surface area contributed by atoms with Crippen LogP contribution >= 0.6 is 11.6 Å². The molecule has 0 heterocycles. The molecule has 2 heteroatoms. The van der Waals surface area contributed by atoms with Gasteiger partial charge in [-0.15, -0.1) is 0 Å². The standard InChI is InChI=1S/C10H7Cl.C10H8O/c2*11-10-7-3-5-8-4-1-2-6-9(8)10/h1-7H;1-7,11H. The van der Waals surface area contributed by atoms with Crippen LogP contribution in [0.4, 0.5) is 0 Å². The number of hydrogen-bond donors (Lipinski definition) is 1. The minimum atomic E-state index is 0.350. The van der Waals surface area contributed by atoms with E-state index in [-0.39, 0.29) is 0 Å². The summed E-state index contributed by atoms with van der Waals surface area (Å²) in [5.74, 6) is 0.350. The predicted octanol–water partition coefficient (Wildman–Crippen LogP) is 6.04. The van der Waals surface area contributed by atoms with Crippen molar-refractivity contribution in [3.63, 3.8) is 0 Å². The highest BCUT2D eigenvalue weighted by Crippen LogP contribution is 2.23. The van der Waals surface area contributed by atoms with E-state index in [2.05, 4.69) is 12.1 Å². The summed E-state index contributed by atoms with van der Waals surface area (Å²) >= 11 is 5.96. The summed E-state index contributed by atoms with van der Waals surface area (Å²) in [6.07, 6.45) is 0. The van der Waals surface area contributed by atoms with Gasteiger partial charge in [0.05, 0.1) is 0 Å². The highest BCUT2D eigenvalue weighted by Gasteiger charge is 1.95. The van der Waals surface area contributed by atoms with Crippen LogP contribution in [0.3, 0.4) is 0 Å². The Morgan fingerprint density at radius 3 is 1.68 bits per heavy atom. The fraction of sp³-hybridized carbons (Fsp3) is 0. The van der Waals surface area contributed by atoms with E-state index < -0.39 is 0 Å². The molecule has 0 aliphatic rings. The average Bonchev–Trinajstić information content (AvgIpc) is 2.57. The molecule has 1 N–H and O–H groups in total. The second-order valence-electron chi connectivity index (χ2n) is 4.96. The van der Waals surface area contributed by atoms with E-state index in [1.54, 1.807) is 6.07 Å². The first-order valence-corrected chi connectivity index (χ1v) is 7.43. The van der Waals surface area contributed by atoms with E-state index in [4.69, 9.17) is 11.6 Å². The van der Waals surface area contributed by atoms with Gasteiger partial charge in [0.15, 0.2) is 0 Å². The number of phenols is 1. The quantitative estimate of drug-likeness (QED) is 0.420. The fourth-order valence-corrected chi connectivity index (χ4v) is 2.64. The zero-order valence-electron chi connectivity index (χ0n) is 11.9. The first kappa shape index (κ1) is 14.4. The average molecular weight is 307 g/mol. The number of halogens is 1. The third-order valence-corrected chi connectivity index (χ3v) is 3.83. The monoisotopic (exact) mass is 306 g/mol. The Morgan fingerprint density at radius 2 is 1.05 bits per heavy atom. The lowest BCUT2D eigenvalue weighted by molar-refractivity contribution is 0.481. The molecule has 108 valence electrons. The van der Waals surface area contributed by atoms with E-state index in [9.17, 15) is 5.11 Å². The van der Waals surface area contributed by atoms with Gasteiger partial charge < -0.3 is 5.11 Å². The van der Waals surface area contributed by atoms with E-state index in [1.165, 1.54) is 5.39 Å². The van der Waals surface area contributed by atoms with Crippen LogP contribution in [-0.4, -0.2) is 5.11 Å². The summed E-state index contributed by atoms with van der Waals surface area (Å²) in [5, 5.41) is 14.5. The number of aromatic hydroxyl groups is 1. The molecule has 4 aromatic rings. The molecule has 0 bridgehead atoms. The first-order valence-electron chi connectivity index (χ1n) is 7.06. The van der Waals surface area contributed by atoms with Crippen LogP contribution in [0.15, 0.2) is 84.9 Å². The number of fused-ring (bicyclic) bond motifs is 2. The van der Waals surface area contributed by atoms with Crippen molar-refractivity contribution in [3.05, 3.63) is 90.0 Å². The third kappa shape index (κ3) is 3.05. The normalized spacial score (nSPS) is 10.2. The van der Waals surface area contributed by atoms with Gasteiger partial charge in [-0.2, -0.15) is 0 Å². The molecule has 0 radical (unpaired) electrons. The third-order valence-electron chi connectivity index (χ3n) is 3.50. The summed E-state index contributed by atoms with van der Waals surface area (Å²) in [6, 6.07) is 27.3. The Balaban J connectivity index is 0.000000131. The molecular formula is C20H15ClO. The van der Waals surface area contributed by atoms with Gasteiger partial charge in [-0.1, -0.05) is 84.4 Å². The van der Waals surface area contributed by atoms with Crippen LogP contribution in [0.1, 0.15) is 0 Å². The molecule has 0 saturated carbocycles. The van der Waals surface area contributed by atoms with Gasteiger partial charge in [0.25, 0.3) is 0 Å². The molecule has 4 aromatic carbocycles. The maximum Gasteiger partial charge on any atom is 0.123 e. The van der Waals surface area contributed by atoms with Crippen molar-refractivity contribution >= 4 is 33.1 Å². The van der Waals surface area contributed by atoms with Gasteiger partial charge in [0.1, 0.15) is 5.75 Å². The van der Waals surface area contributed by atoms with Gasteiger partial charge >= 0.3 is 0 Å². The highest BCUT2D eigenvalue weighted by molar-refractivity contribution is 6.35. The maximum absolute atomic E-state index is 9.37. The largest absolute Gasteiger partial charge is 0.507 e. The molecule has 0 atom stereocenters. The van der Waals surface area contributed by atoms with Gasteiger partial charge in [-0.25, -0.2) is 0 Å². The molecular weight excluding hydrogens is 292 g/mol. The van der Waals surface area contributed by atoms with Crippen LogP contribution in [0.2, 0.25) is 5.02 Å². The highest BCUT2D eigenvalue weighted by atomic mass is 35.5. The minimum Gasteiger partial charge on any atom is -0.507 e. The van der Waals surface area contributed by atoms with Crippen molar-refractivity contribution in [1.82, 2.24) is 0 Å². The molecule has 1 nitrogen and oxygen atoms in total. The lowest BCUT2D eigenvalue weighted by Gasteiger charge is -1.97. The minimum absolute atomic E-state index is 0.350. The van der Waals surface area contributed by atoms with Crippen molar-refractivity contribution in [3.8, 4) is 5.75 Å². The van der Waals surface area contributed by atoms with E-state index in [0.29, 0.717) is 5.75 Å². The van der Waals surface area contributed by atoms with Gasteiger partial charge in [0, 0.05) is 15.8 Å². The molecule has 0 fully saturated rings. The zero-order chi connectivity index (χ0) is 15.4. The Bertz CT molecular complexity index is 827. The van der Waals surface area contributed by atoms with E-state index >= 15 is 0 Å². The van der Waals surface area contributed by atoms with Gasteiger partial charge in [0.2, 0.25) is 0 Å². The second-order valence-corrected chi connectivity index (χ2v) is 5.37. The lowest BCUT2D eigenvalue weighted by atomic mass is 10.1. The molecule has 0 saturated heterocycles. The molecule has 22 heavy (non-hydrogen) atoms. The molecule has 0 aromatic heterocycles. The number of hydrogen-bond acceptors (Lipinski definition) is 1. The Hall–Kier alpha value is -2.51. The number of phenolic OH excluding ortho intramolecular Hbond substituents is 1. The van der Waals surface area contributed by atoms with Gasteiger partial charge in [-0.05, 0) is 22.9 Å². The van der Waals surface area contributed by atoms with Crippen LogP contribution < -0.4 is 0 Å². The first-order chi connectivity index (χ1) is 10.8. The molecule has 0 amide bonds. The van der Waals surface area contributed by atoms with E-state index in [1.807, 2.05) is 66.7 Å². The number of rotatable bonds is 0. The topological polar surface area (TPSA) is 20.2 Å². The van der Waals surface area contributed by atoms with Crippen LogP contribution in [0.5, 0.6) is 5.75 Å². The fourth-order valence-electron chi connectivity index (χ4n) is 2.39. The van der Waals surface area contributed by atoms with Crippen LogP contribution in [0, 0.1) is 0 Å². The summed E-state index contributed by atoms with van der Waals surface area (Å²) in [4.78, 5) is 0. The van der Waals surface area contributed by atoms with Crippen molar-refractivity contribution < 1.29 is 5.11 Å². The molecule has 0 unspecified atom stereocenters. The SMILES string of the molecule is Clc1cccc2ccccc12.Oc1cccc2ccccc12. The zero-order valence-corrected chi connectivity index (χ0v) is 12.7. The smallest absolute Gasteiger partial charge is 0.123 e. The number of benzene rings is 4. The van der Waals surface area contributed by atoms with Crippen molar-refractivity contribution in [2.75, 3.05) is 0 Å². The summed E-state index contributed by atoms with van der Waals surface area (Å²) in [6.45, 7) is 0. The maximum atomic E-state index is 9.37. The van der Waals surface area contributed by atoms with Crippen molar-refractivity contribution in [2.45, 2.75) is 0 Å². The van der Waals surface area contributed by atoms with E-state index in [0.717, 1.165) is 21.2 Å². The van der Waals surface area contributed by atoms with Crippen LogP contribution in [0.25, 0.3) is 21.5 Å². The molecule has 4 rings (SSSR count). The van der Waals surface area contributed by atoms with Crippen LogP contribution in [-0.2, 0) is 0 Å². The predicted molar refractivity (Wildman–Crippen MR) is 94.6 cm³/mol. The summed E-state index contributed by atoms with van der Waals surface area (Å²) in [7, 11) is 0. The van der Waals surface area contributed by atoms with Crippen molar-refractivity contribution in [1.29, 1.82) is 0 Å². The van der Waals surface area contributed by atoms with Gasteiger partial charge in [-0.3, -0.25) is 0 Å². The molecule has 0 aliphatic carbocycles. The Kier molecular flexibility index (Phi) is 4.27. The molecule has 0 spiro atoms. The lowest BCUT2D eigenvalue weighted by Crippen LogP contribution is -1.70. The molecule has 0 aliphatic heterocycles. The Morgan fingerprint density at radius 1 is 0.545 bits per heavy atom. The summed E-state index contributed by atoms with van der Waals surface area (Å²) < 4.78 is 0. The Labute approximate surface area is 134 Å². The van der Waals surface area contributed by atoms with Crippen molar-refractivity contribution in [2.24, 2.45) is 0 Å². The second kappa shape index (κ2) is 6.50. The summed E-state index contributed by atoms with van der Waals surface area (Å²) in [5.41, 5.74) is 0.